The van der Waals surface area contributed by atoms with E-state index in [2.05, 4.69) is 10.2 Å². The number of H-pyrrole nitrogens is 1. The SMILES string of the molecule is O=C(O[C@@H](C(=O)N1CCOCC1)c1ccccc1)c1n[nH]c(=O)c2ccccc12. The standard InChI is InChI=1S/C21H19N3O5/c25-19-16-9-5-4-8-15(16)17(22-23-19)21(27)29-18(14-6-2-1-3-7-14)20(26)24-10-12-28-13-11-24/h1-9,18H,10-13H2,(H,23,25)/t18-/m1/s1. The van der Waals surface area contributed by atoms with Crippen molar-refractivity contribution in [3.63, 3.8) is 0 Å². The van der Waals surface area contributed by atoms with E-state index in [4.69, 9.17) is 9.47 Å². The predicted octanol–water partition coefficient (Wildman–Crippen LogP) is 1.68. The van der Waals surface area contributed by atoms with Gasteiger partial charge in [-0.1, -0.05) is 48.5 Å². The number of hydrogen-bond donors (Lipinski definition) is 1. The van der Waals surface area contributed by atoms with E-state index in [-0.39, 0.29) is 11.6 Å². The van der Waals surface area contributed by atoms with Gasteiger partial charge in [-0.25, -0.2) is 9.89 Å². The molecule has 0 saturated carbocycles. The van der Waals surface area contributed by atoms with Gasteiger partial charge >= 0.3 is 5.97 Å². The van der Waals surface area contributed by atoms with Crippen LogP contribution >= 0.6 is 0 Å². The molecule has 8 nitrogen and oxygen atoms in total. The number of morpholine rings is 1. The van der Waals surface area contributed by atoms with E-state index in [1.807, 2.05) is 6.07 Å². The number of hydrogen-bond acceptors (Lipinski definition) is 6. The Bertz CT molecular complexity index is 1090. The Hall–Kier alpha value is -3.52. The summed E-state index contributed by atoms with van der Waals surface area (Å²) in [5.41, 5.74) is 0.114. The fraction of sp³-hybridized carbons (Fsp3) is 0.238. The maximum Gasteiger partial charge on any atom is 0.360 e. The van der Waals surface area contributed by atoms with Gasteiger partial charge in [0.25, 0.3) is 11.5 Å². The van der Waals surface area contributed by atoms with Gasteiger partial charge in [0.15, 0.2) is 5.69 Å². The van der Waals surface area contributed by atoms with E-state index in [1.54, 1.807) is 53.4 Å². The number of amides is 1. The predicted molar refractivity (Wildman–Crippen MR) is 104 cm³/mol. The van der Waals surface area contributed by atoms with Crippen molar-refractivity contribution < 1.29 is 19.1 Å². The van der Waals surface area contributed by atoms with Crippen molar-refractivity contribution in [3.05, 3.63) is 76.2 Å². The second-order valence-corrected chi connectivity index (χ2v) is 6.58. The van der Waals surface area contributed by atoms with E-state index in [1.165, 1.54) is 0 Å². The van der Waals surface area contributed by atoms with Crippen molar-refractivity contribution >= 4 is 22.6 Å². The topological polar surface area (TPSA) is 102 Å². The lowest BCUT2D eigenvalue weighted by Crippen LogP contribution is -2.44. The molecule has 0 bridgehead atoms. The minimum Gasteiger partial charge on any atom is -0.442 e. The summed E-state index contributed by atoms with van der Waals surface area (Å²) in [6, 6.07) is 15.4. The molecule has 1 aliphatic rings. The van der Waals surface area contributed by atoms with Gasteiger partial charge in [0.2, 0.25) is 6.10 Å². The van der Waals surface area contributed by atoms with E-state index in [9.17, 15) is 14.4 Å². The molecular weight excluding hydrogens is 374 g/mol. The molecule has 0 aliphatic carbocycles. The molecule has 29 heavy (non-hydrogen) atoms. The number of rotatable bonds is 4. The summed E-state index contributed by atoms with van der Waals surface area (Å²) in [5, 5.41) is 6.87. The van der Waals surface area contributed by atoms with E-state index < -0.39 is 17.6 Å². The number of nitrogens with zero attached hydrogens (tertiary/aromatic N) is 2. The van der Waals surface area contributed by atoms with Gasteiger partial charge in [0.1, 0.15) is 0 Å². The zero-order chi connectivity index (χ0) is 20.2. The van der Waals surface area contributed by atoms with Crippen LogP contribution in [-0.2, 0) is 14.3 Å². The van der Waals surface area contributed by atoms with Gasteiger partial charge in [0, 0.05) is 24.0 Å². The normalized spacial score (nSPS) is 15.1. The van der Waals surface area contributed by atoms with Crippen LogP contribution in [0.15, 0.2) is 59.4 Å². The Balaban J connectivity index is 1.68. The number of carbonyl (C=O) groups is 2. The first kappa shape index (κ1) is 18.8. The van der Waals surface area contributed by atoms with E-state index in [0.29, 0.717) is 42.6 Å². The Labute approximate surface area is 166 Å². The molecule has 8 heteroatoms. The highest BCUT2D eigenvalue weighted by atomic mass is 16.5. The number of aromatic nitrogens is 2. The molecule has 3 aromatic rings. The summed E-state index contributed by atoms with van der Waals surface area (Å²) >= 11 is 0. The molecule has 148 valence electrons. The van der Waals surface area contributed by atoms with E-state index >= 15 is 0 Å². The molecule has 2 heterocycles. The quantitative estimate of drug-likeness (QED) is 0.677. The summed E-state index contributed by atoms with van der Waals surface area (Å²) in [6.07, 6.45) is -1.12. The molecule has 1 amide bonds. The van der Waals surface area contributed by atoms with Crippen LogP contribution in [0.25, 0.3) is 10.8 Å². The van der Waals surface area contributed by atoms with Crippen LogP contribution in [-0.4, -0.2) is 53.3 Å². The minimum atomic E-state index is -1.12. The Kier molecular flexibility index (Phi) is 5.35. The van der Waals surface area contributed by atoms with Crippen molar-refractivity contribution in [2.75, 3.05) is 26.3 Å². The summed E-state index contributed by atoms with van der Waals surface area (Å²) in [6.45, 7) is 1.74. The average Bonchev–Trinajstić information content (AvgIpc) is 2.78. The first-order chi connectivity index (χ1) is 14.1. The van der Waals surface area contributed by atoms with Gasteiger partial charge in [-0.2, -0.15) is 5.10 Å². The molecule has 2 aromatic carbocycles. The van der Waals surface area contributed by atoms with E-state index in [0.717, 1.165) is 0 Å². The molecule has 1 saturated heterocycles. The minimum absolute atomic E-state index is 0.0455. The summed E-state index contributed by atoms with van der Waals surface area (Å²) in [4.78, 5) is 39.6. The maximum atomic E-state index is 13.1. The monoisotopic (exact) mass is 393 g/mol. The van der Waals surface area contributed by atoms with Crippen LogP contribution in [0.3, 0.4) is 0 Å². The lowest BCUT2D eigenvalue weighted by Gasteiger charge is -2.30. The highest BCUT2D eigenvalue weighted by molar-refractivity contribution is 6.02. The Morgan fingerprint density at radius 3 is 2.38 bits per heavy atom. The zero-order valence-corrected chi connectivity index (χ0v) is 15.5. The first-order valence-corrected chi connectivity index (χ1v) is 9.25. The van der Waals surface area contributed by atoms with Gasteiger partial charge in [0.05, 0.1) is 18.6 Å². The number of benzene rings is 2. The number of fused-ring (bicyclic) bond motifs is 1. The molecule has 0 unspecified atom stereocenters. The lowest BCUT2D eigenvalue weighted by molar-refractivity contribution is -0.145. The zero-order valence-electron chi connectivity index (χ0n) is 15.5. The van der Waals surface area contributed by atoms with Crippen molar-refractivity contribution in [2.24, 2.45) is 0 Å². The highest BCUT2D eigenvalue weighted by Crippen LogP contribution is 2.23. The number of aromatic amines is 1. The summed E-state index contributed by atoms with van der Waals surface area (Å²) < 4.78 is 10.9. The Morgan fingerprint density at radius 1 is 1.00 bits per heavy atom. The largest absolute Gasteiger partial charge is 0.442 e. The molecule has 1 aliphatic heterocycles. The van der Waals surface area contributed by atoms with Crippen molar-refractivity contribution in [3.8, 4) is 0 Å². The van der Waals surface area contributed by atoms with Crippen LogP contribution in [0.2, 0.25) is 0 Å². The van der Waals surface area contributed by atoms with Gasteiger partial charge in [-0.15, -0.1) is 0 Å². The average molecular weight is 393 g/mol. The third kappa shape index (κ3) is 3.88. The molecule has 1 N–H and O–H groups in total. The number of carbonyl (C=O) groups excluding carboxylic acids is 2. The third-order valence-corrected chi connectivity index (χ3v) is 4.76. The smallest absolute Gasteiger partial charge is 0.360 e. The number of esters is 1. The number of ether oxygens (including phenoxy) is 2. The van der Waals surface area contributed by atoms with Crippen molar-refractivity contribution in [1.29, 1.82) is 0 Å². The van der Waals surface area contributed by atoms with Crippen LogP contribution in [0.4, 0.5) is 0 Å². The van der Waals surface area contributed by atoms with Gasteiger partial charge < -0.3 is 14.4 Å². The summed E-state index contributed by atoms with van der Waals surface area (Å²) in [7, 11) is 0. The fourth-order valence-electron chi connectivity index (χ4n) is 3.27. The second kappa shape index (κ2) is 8.24. The molecule has 1 fully saturated rings. The van der Waals surface area contributed by atoms with Crippen molar-refractivity contribution in [1.82, 2.24) is 15.1 Å². The highest BCUT2D eigenvalue weighted by Gasteiger charge is 2.31. The van der Waals surface area contributed by atoms with Gasteiger partial charge in [-0.05, 0) is 6.07 Å². The lowest BCUT2D eigenvalue weighted by atomic mass is 10.1. The van der Waals surface area contributed by atoms with Gasteiger partial charge in [-0.3, -0.25) is 9.59 Å². The summed E-state index contributed by atoms with van der Waals surface area (Å²) in [5.74, 6) is -1.10. The maximum absolute atomic E-state index is 13.1. The molecule has 1 atom stereocenters. The third-order valence-electron chi connectivity index (χ3n) is 4.76. The first-order valence-electron chi connectivity index (χ1n) is 9.25. The van der Waals surface area contributed by atoms with Crippen LogP contribution in [0.5, 0.6) is 0 Å². The van der Waals surface area contributed by atoms with Crippen LogP contribution in [0, 0.1) is 0 Å². The molecular formula is C21H19N3O5. The van der Waals surface area contributed by atoms with Crippen molar-refractivity contribution in [2.45, 2.75) is 6.10 Å². The Morgan fingerprint density at radius 2 is 1.66 bits per heavy atom. The van der Waals surface area contributed by atoms with Crippen LogP contribution in [0.1, 0.15) is 22.2 Å². The molecule has 1 aromatic heterocycles. The fourth-order valence-corrected chi connectivity index (χ4v) is 3.27. The molecule has 4 rings (SSSR count). The molecule has 0 radical (unpaired) electrons. The van der Waals surface area contributed by atoms with Crippen LogP contribution < -0.4 is 5.56 Å². The molecule has 0 spiro atoms. The second-order valence-electron chi connectivity index (χ2n) is 6.58. The number of nitrogens with one attached hydrogen (secondary N) is 1.